The topological polar surface area (TPSA) is 69.9 Å². The van der Waals surface area contributed by atoms with Crippen LogP contribution in [0.4, 0.5) is 0 Å². The number of hydrogen-bond acceptors (Lipinski definition) is 7. The first-order valence-corrected chi connectivity index (χ1v) is 12.1. The standard InChI is InChI=1S/C24H24N2O4S2/c1-5-29-17-10-7-6-9-16(17)13-19-22(27)26-21(18-11-8-12-31-18)20(23(28)30-14(2)3)15(4)25-24(26)32-19/h6-14,21H,5H2,1-4H3. The van der Waals surface area contributed by atoms with Crippen LogP contribution in [-0.4, -0.2) is 23.2 Å². The van der Waals surface area contributed by atoms with Gasteiger partial charge in [0, 0.05) is 10.4 Å². The zero-order valence-corrected chi connectivity index (χ0v) is 20.0. The lowest BCUT2D eigenvalue weighted by molar-refractivity contribution is -0.143. The van der Waals surface area contributed by atoms with Crippen molar-refractivity contribution in [2.24, 2.45) is 4.99 Å². The van der Waals surface area contributed by atoms with E-state index in [9.17, 15) is 9.59 Å². The van der Waals surface area contributed by atoms with Gasteiger partial charge in [0.15, 0.2) is 4.80 Å². The Balaban J connectivity index is 1.91. The zero-order valence-electron chi connectivity index (χ0n) is 18.3. The van der Waals surface area contributed by atoms with Crippen LogP contribution >= 0.6 is 22.7 Å². The van der Waals surface area contributed by atoms with E-state index < -0.39 is 12.0 Å². The van der Waals surface area contributed by atoms with Crippen LogP contribution in [0, 0.1) is 0 Å². The molecular weight excluding hydrogens is 444 g/mol. The Hall–Kier alpha value is -2.97. The molecule has 32 heavy (non-hydrogen) atoms. The number of aromatic nitrogens is 1. The SMILES string of the molecule is CCOc1ccccc1C=c1sc2n(c1=O)C(c1cccs1)C(C(=O)OC(C)C)=C(C)N=2. The fourth-order valence-corrected chi connectivity index (χ4v) is 5.47. The van der Waals surface area contributed by atoms with Crippen LogP contribution < -0.4 is 19.6 Å². The summed E-state index contributed by atoms with van der Waals surface area (Å²) in [6.07, 6.45) is 1.55. The number of rotatable bonds is 6. The number of carbonyl (C=O) groups is 1. The van der Waals surface area contributed by atoms with E-state index in [2.05, 4.69) is 4.99 Å². The maximum Gasteiger partial charge on any atom is 0.338 e. The summed E-state index contributed by atoms with van der Waals surface area (Å²) in [6, 6.07) is 10.9. The molecule has 8 heteroatoms. The van der Waals surface area contributed by atoms with Crippen LogP contribution in [0.25, 0.3) is 6.08 Å². The van der Waals surface area contributed by atoms with Crippen molar-refractivity contribution in [3.05, 3.63) is 83.2 Å². The molecular formula is C24H24N2O4S2. The molecule has 2 aromatic heterocycles. The van der Waals surface area contributed by atoms with Crippen molar-refractivity contribution in [2.45, 2.75) is 39.8 Å². The molecule has 1 unspecified atom stereocenters. The molecule has 4 rings (SSSR count). The number of allylic oxidation sites excluding steroid dienone is 1. The fraction of sp³-hybridized carbons (Fsp3) is 0.292. The zero-order chi connectivity index (χ0) is 22.8. The van der Waals surface area contributed by atoms with Crippen molar-refractivity contribution in [1.82, 2.24) is 4.57 Å². The molecule has 3 aromatic rings. The van der Waals surface area contributed by atoms with Gasteiger partial charge in [0.1, 0.15) is 11.8 Å². The Bertz CT molecular complexity index is 1350. The Labute approximate surface area is 193 Å². The number of carbonyl (C=O) groups excluding carboxylic acids is 1. The molecule has 0 fully saturated rings. The number of esters is 1. The van der Waals surface area contributed by atoms with Gasteiger partial charge in [0.05, 0.1) is 28.5 Å². The molecule has 0 aliphatic carbocycles. The molecule has 6 nitrogen and oxygen atoms in total. The van der Waals surface area contributed by atoms with E-state index in [0.717, 1.165) is 10.4 Å². The molecule has 3 heterocycles. The molecule has 1 aliphatic rings. The van der Waals surface area contributed by atoms with Crippen LogP contribution in [0.15, 0.2) is 62.8 Å². The second kappa shape index (κ2) is 9.26. The first kappa shape index (κ1) is 22.2. The average molecular weight is 469 g/mol. The monoisotopic (exact) mass is 468 g/mol. The van der Waals surface area contributed by atoms with E-state index >= 15 is 0 Å². The lowest BCUT2D eigenvalue weighted by Gasteiger charge is -2.24. The molecule has 0 spiro atoms. The first-order chi connectivity index (χ1) is 15.4. The van der Waals surface area contributed by atoms with E-state index in [1.54, 1.807) is 25.3 Å². The van der Waals surface area contributed by atoms with E-state index in [1.807, 2.05) is 54.8 Å². The first-order valence-electron chi connectivity index (χ1n) is 10.4. The van der Waals surface area contributed by atoms with Gasteiger partial charge < -0.3 is 9.47 Å². The lowest BCUT2D eigenvalue weighted by Crippen LogP contribution is -2.39. The Morgan fingerprint density at radius 3 is 2.72 bits per heavy atom. The molecule has 0 saturated carbocycles. The Morgan fingerprint density at radius 1 is 1.25 bits per heavy atom. The van der Waals surface area contributed by atoms with Crippen molar-refractivity contribution >= 4 is 34.7 Å². The summed E-state index contributed by atoms with van der Waals surface area (Å²) < 4.78 is 13.3. The van der Waals surface area contributed by atoms with E-state index in [1.165, 1.54) is 22.7 Å². The average Bonchev–Trinajstić information content (AvgIpc) is 3.37. The minimum atomic E-state index is -0.568. The van der Waals surface area contributed by atoms with Crippen molar-refractivity contribution in [3.63, 3.8) is 0 Å². The van der Waals surface area contributed by atoms with Gasteiger partial charge in [-0.3, -0.25) is 9.36 Å². The summed E-state index contributed by atoms with van der Waals surface area (Å²) in [4.78, 5) is 32.6. The largest absolute Gasteiger partial charge is 0.493 e. The van der Waals surface area contributed by atoms with Gasteiger partial charge >= 0.3 is 5.97 Å². The number of fused-ring (bicyclic) bond motifs is 1. The fourth-order valence-electron chi connectivity index (χ4n) is 3.60. The van der Waals surface area contributed by atoms with Gasteiger partial charge in [0.2, 0.25) is 0 Å². The Morgan fingerprint density at radius 2 is 2.03 bits per heavy atom. The van der Waals surface area contributed by atoms with E-state index in [4.69, 9.17) is 9.47 Å². The Kier molecular flexibility index (Phi) is 6.43. The number of ether oxygens (including phenoxy) is 2. The maximum atomic E-state index is 13.6. The second-order valence-corrected chi connectivity index (χ2v) is 9.51. The lowest BCUT2D eigenvalue weighted by atomic mass is 10.0. The highest BCUT2D eigenvalue weighted by atomic mass is 32.1. The molecule has 0 radical (unpaired) electrons. The van der Waals surface area contributed by atoms with Crippen molar-refractivity contribution in [3.8, 4) is 5.75 Å². The highest BCUT2D eigenvalue weighted by molar-refractivity contribution is 7.10. The van der Waals surface area contributed by atoms with Gasteiger partial charge in [0.25, 0.3) is 5.56 Å². The van der Waals surface area contributed by atoms with Gasteiger partial charge in [-0.05, 0) is 51.3 Å². The number of nitrogens with zero attached hydrogens (tertiary/aromatic N) is 2. The van der Waals surface area contributed by atoms with Gasteiger partial charge in [-0.25, -0.2) is 9.79 Å². The van der Waals surface area contributed by atoms with Crippen molar-refractivity contribution in [1.29, 1.82) is 0 Å². The van der Waals surface area contributed by atoms with Crippen molar-refractivity contribution in [2.75, 3.05) is 6.61 Å². The highest BCUT2D eigenvalue weighted by Crippen LogP contribution is 2.33. The number of thiazole rings is 1. The normalized spacial score (nSPS) is 16.2. The molecule has 1 atom stereocenters. The maximum absolute atomic E-state index is 13.6. The van der Waals surface area contributed by atoms with Gasteiger partial charge in [-0.15, -0.1) is 11.3 Å². The predicted octanol–water partition coefficient (Wildman–Crippen LogP) is 3.65. The van der Waals surface area contributed by atoms with Gasteiger partial charge in [-0.2, -0.15) is 0 Å². The molecule has 1 aliphatic heterocycles. The molecule has 0 saturated heterocycles. The number of para-hydroxylation sites is 1. The molecule has 0 bridgehead atoms. The third kappa shape index (κ3) is 4.20. The van der Waals surface area contributed by atoms with E-state index in [-0.39, 0.29) is 11.7 Å². The van der Waals surface area contributed by atoms with Crippen molar-refractivity contribution < 1.29 is 14.3 Å². The van der Waals surface area contributed by atoms with Crippen LogP contribution in [-0.2, 0) is 9.53 Å². The van der Waals surface area contributed by atoms with Crippen LogP contribution in [0.2, 0.25) is 0 Å². The third-order valence-electron chi connectivity index (χ3n) is 4.90. The predicted molar refractivity (Wildman–Crippen MR) is 127 cm³/mol. The summed E-state index contributed by atoms with van der Waals surface area (Å²) >= 11 is 2.80. The smallest absolute Gasteiger partial charge is 0.338 e. The summed E-state index contributed by atoms with van der Waals surface area (Å²) in [5.41, 5.74) is 1.59. The van der Waals surface area contributed by atoms with Crippen LogP contribution in [0.5, 0.6) is 5.75 Å². The minimum Gasteiger partial charge on any atom is -0.493 e. The third-order valence-corrected chi connectivity index (χ3v) is 6.81. The van der Waals surface area contributed by atoms with Crippen LogP contribution in [0.1, 0.15) is 44.2 Å². The molecule has 0 amide bonds. The van der Waals surface area contributed by atoms with E-state index in [0.29, 0.717) is 33.0 Å². The molecule has 166 valence electrons. The number of thiophene rings is 1. The second-order valence-electron chi connectivity index (χ2n) is 7.52. The summed E-state index contributed by atoms with van der Waals surface area (Å²) in [6.45, 7) is 7.86. The molecule has 0 N–H and O–H groups in total. The molecule has 1 aromatic carbocycles. The summed E-state index contributed by atoms with van der Waals surface area (Å²) in [5, 5.41) is 1.93. The quantitative estimate of drug-likeness (QED) is 0.518. The number of hydrogen-bond donors (Lipinski definition) is 0. The minimum absolute atomic E-state index is 0.194. The highest BCUT2D eigenvalue weighted by Gasteiger charge is 2.34. The van der Waals surface area contributed by atoms with Gasteiger partial charge in [-0.1, -0.05) is 35.6 Å². The van der Waals surface area contributed by atoms with Crippen LogP contribution in [0.3, 0.4) is 0 Å². The summed E-state index contributed by atoms with van der Waals surface area (Å²) in [5.74, 6) is 0.267. The summed E-state index contributed by atoms with van der Waals surface area (Å²) in [7, 11) is 0. The number of benzene rings is 1.